The monoisotopic (exact) mass is 198 g/mol. The summed E-state index contributed by atoms with van der Waals surface area (Å²) < 4.78 is 0. The van der Waals surface area contributed by atoms with Crippen LogP contribution in [0.5, 0.6) is 0 Å². The van der Waals surface area contributed by atoms with Crippen molar-refractivity contribution >= 4 is 11.7 Å². The summed E-state index contributed by atoms with van der Waals surface area (Å²) >= 11 is 0. The SMILES string of the molecule is CC(C)C[C@H](N)C(=O)C(=O)NC1CC1. The number of ketones is 1. The molecule has 0 spiro atoms. The summed E-state index contributed by atoms with van der Waals surface area (Å²) in [6.45, 7) is 3.96. The van der Waals surface area contributed by atoms with Gasteiger partial charge in [-0.1, -0.05) is 13.8 Å². The van der Waals surface area contributed by atoms with Gasteiger partial charge >= 0.3 is 0 Å². The van der Waals surface area contributed by atoms with Gasteiger partial charge in [0, 0.05) is 6.04 Å². The van der Waals surface area contributed by atoms with Crippen molar-refractivity contribution in [2.24, 2.45) is 11.7 Å². The van der Waals surface area contributed by atoms with Gasteiger partial charge in [-0.25, -0.2) is 0 Å². The normalized spacial score (nSPS) is 18.0. The molecule has 0 aromatic carbocycles. The van der Waals surface area contributed by atoms with Gasteiger partial charge < -0.3 is 11.1 Å². The summed E-state index contributed by atoms with van der Waals surface area (Å²) in [5.41, 5.74) is 5.60. The Bertz CT molecular complexity index is 234. The summed E-state index contributed by atoms with van der Waals surface area (Å²) in [5.74, 6) is -0.658. The molecule has 1 fully saturated rings. The van der Waals surface area contributed by atoms with E-state index in [1.54, 1.807) is 0 Å². The largest absolute Gasteiger partial charge is 0.347 e. The van der Waals surface area contributed by atoms with Crippen LogP contribution in [0.25, 0.3) is 0 Å². The van der Waals surface area contributed by atoms with E-state index in [0.717, 1.165) is 12.8 Å². The van der Waals surface area contributed by atoms with E-state index >= 15 is 0 Å². The Balaban J connectivity index is 2.33. The molecule has 1 atom stereocenters. The zero-order chi connectivity index (χ0) is 10.7. The molecule has 0 aromatic rings. The highest BCUT2D eigenvalue weighted by atomic mass is 16.2. The highest BCUT2D eigenvalue weighted by Gasteiger charge is 2.29. The summed E-state index contributed by atoms with van der Waals surface area (Å²) in [4.78, 5) is 22.7. The number of nitrogens with two attached hydrogens (primary N) is 1. The molecule has 0 bridgehead atoms. The summed E-state index contributed by atoms with van der Waals surface area (Å²) in [5, 5.41) is 2.64. The molecule has 0 unspecified atom stereocenters. The van der Waals surface area contributed by atoms with Gasteiger partial charge in [-0.05, 0) is 25.2 Å². The second-order valence-electron chi connectivity index (χ2n) is 4.35. The van der Waals surface area contributed by atoms with E-state index in [-0.39, 0.29) is 6.04 Å². The third kappa shape index (κ3) is 3.46. The first-order chi connectivity index (χ1) is 6.50. The minimum absolute atomic E-state index is 0.220. The number of Topliss-reactive ketones (excluding diaryl/α,β-unsaturated/α-hetero) is 1. The van der Waals surface area contributed by atoms with Crippen LogP contribution < -0.4 is 11.1 Å². The Hall–Kier alpha value is -0.900. The van der Waals surface area contributed by atoms with Gasteiger partial charge in [0.2, 0.25) is 5.78 Å². The van der Waals surface area contributed by atoms with Gasteiger partial charge in [0.15, 0.2) is 0 Å². The molecule has 0 radical (unpaired) electrons. The fraction of sp³-hybridized carbons (Fsp3) is 0.800. The first kappa shape index (κ1) is 11.2. The lowest BCUT2D eigenvalue weighted by Gasteiger charge is -2.12. The van der Waals surface area contributed by atoms with Crippen LogP contribution in [0.2, 0.25) is 0 Å². The number of rotatable bonds is 5. The van der Waals surface area contributed by atoms with Crippen molar-refractivity contribution in [3.05, 3.63) is 0 Å². The van der Waals surface area contributed by atoms with Gasteiger partial charge in [0.25, 0.3) is 5.91 Å². The molecule has 1 rings (SSSR count). The Morgan fingerprint density at radius 1 is 1.43 bits per heavy atom. The van der Waals surface area contributed by atoms with Gasteiger partial charge in [0.1, 0.15) is 0 Å². The van der Waals surface area contributed by atoms with E-state index in [9.17, 15) is 9.59 Å². The van der Waals surface area contributed by atoms with Crippen molar-refractivity contribution in [1.82, 2.24) is 5.32 Å². The number of carbonyl (C=O) groups excluding carboxylic acids is 2. The van der Waals surface area contributed by atoms with Crippen molar-refractivity contribution in [2.45, 2.75) is 45.2 Å². The summed E-state index contributed by atoms with van der Waals surface area (Å²) in [6.07, 6.45) is 2.54. The van der Waals surface area contributed by atoms with E-state index in [1.807, 2.05) is 13.8 Å². The van der Waals surface area contributed by atoms with E-state index in [2.05, 4.69) is 5.32 Å². The number of carbonyl (C=O) groups is 2. The average Bonchev–Trinajstić information content (AvgIpc) is 2.85. The van der Waals surface area contributed by atoms with Crippen molar-refractivity contribution in [3.63, 3.8) is 0 Å². The maximum atomic E-state index is 11.4. The molecular formula is C10H18N2O2. The van der Waals surface area contributed by atoms with Crippen molar-refractivity contribution < 1.29 is 9.59 Å². The molecule has 0 aromatic heterocycles. The number of hydrogen-bond donors (Lipinski definition) is 2. The summed E-state index contributed by atoms with van der Waals surface area (Å²) in [7, 11) is 0. The quantitative estimate of drug-likeness (QED) is 0.620. The highest BCUT2D eigenvalue weighted by Crippen LogP contribution is 2.18. The molecule has 4 nitrogen and oxygen atoms in total. The smallest absolute Gasteiger partial charge is 0.289 e. The van der Waals surface area contributed by atoms with Gasteiger partial charge in [-0.3, -0.25) is 9.59 Å². The van der Waals surface area contributed by atoms with Crippen LogP contribution >= 0.6 is 0 Å². The van der Waals surface area contributed by atoms with Crippen molar-refractivity contribution in [3.8, 4) is 0 Å². The number of nitrogens with one attached hydrogen (secondary N) is 1. The van der Waals surface area contributed by atoms with Crippen molar-refractivity contribution in [1.29, 1.82) is 0 Å². The lowest BCUT2D eigenvalue weighted by molar-refractivity contribution is -0.138. The molecule has 80 valence electrons. The molecule has 1 aliphatic rings. The Morgan fingerprint density at radius 3 is 2.43 bits per heavy atom. The minimum Gasteiger partial charge on any atom is -0.347 e. The maximum Gasteiger partial charge on any atom is 0.289 e. The average molecular weight is 198 g/mol. The third-order valence-electron chi connectivity index (χ3n) is 2.20. The van der Waals surface area contributed by atoms with E-state index in [1.165, 1.54) is 0 Å². The van der Waals surface area contributed by atoms with Crippen molar-refractivity contribution in [2.75, 3.05) is 0 Å². The number of hydrogen-bond acceptors (Lipinski definition) is 3. The van der Waals surface area contributed by atoms with Crippen LogP contribution in [-0.4, -0.2) is 23.8 Å². The Labute approximate surface area is 84.2 Å². The topological polar surface area (TPSA) is 72.2 Å². The van der Waals surface area contributed by atoms with Crippen LogP contribution in [0.15, 0.2) is 0 Å². The second-order valence-corrected chi connectivity index (χ2v) is 4.35. The Kier molecular flexibility index (Phi) is 3.63. The van der Waals surface area contributed by atoms with Gasteiger partial charge in [0.05, 0.1) is 6.04 Å². The molecule has 1 aliphatic carbocycles. The van der Waals surface area contributed by atoms with E-state index in [4.69, 9.17) is 5.73 Å². The predicted octanol–water partition coefficient (Wildman–Crippen LogP) is 0.208. The molecule has 14 heavy (non-hydrogen) atoms. The van der Waals surface area contributed by atoms with Crippen LogP contribution in [0.3, 0.4) is 0 Å². The maximum absolute atomic E-state index is 11.4. The Morgan fingerprint density at radius 2 is 2.00 bits per heavy atom. The standard InChI is InChI=1S/C10H18N2O2/c1-6(2)5-8(11)9(13)10(14)12-7-3-4-7/h6-8H,3-5,11H2,1-2H3,(H,12,14)/t8-/m0/s1. The first-order valence-electron chi connectivity index (χ1n) is 5.11. The molecule has 0 aliphatic heterocycles. The molecule has 0 saturated heterocycles. The molecule has 0 heterocycles. The van der Waals surface area contributed by atoms with Crippen LogP contribution in [-0.2, 0) is 9.59 Å². The molecule has 1 amide bonds. The number of amides is 1. The molecule has 1 saturated carbocycles. The lowest BCUT2D eigenvalue weighted by atomic mass is 10.0. The predicted molar refractivity (Wildman–Crippen MR) is 53.6 cm³/mol. The third-order valence-corrected chi connectivity index (χ3v) is 2.20. The molecule has 4 heteroatoms. The molecular weight excluding hydrogens is 180 g/mol. The second kappa shape index (κ2) is 4.55. The first-order valence-corrected chi connectivity index (χ1v) is 5.11. The van der Waals surface area contributed by atoms with E-state index < -0.39 is 17.7 Å². The van der Waals surface area contributed by atoms with Gasteiger partial charge in [-0.15, -0.1) is 0 Å². The lowest BCUT2D eigenvalue weighted by Crippen LogP contribution is -2.43. The fourth-order valence-corrected chi connectivity index (χ4v) is 1.27. The van der Waals surface area contributed by atoms with Crippen LogP contribution in [0.1, 0.15) is 33.1 Å². The van der Waals surface area contributed by atoms with Crippen LogP contribution in [0.4, 0.5) is 0 Å². The summed E-state index contributed by atoms with van der Waals surface area (Å²) in [6, 6.07) is -0.425. The molecule has 3 N–H and O–H groups in total. The fourth-order valence-electron chi connectivity index (χ4n) is 1.27. The zero-order valence-electron chi connectivity index (χ0n) is 8.75. The minimum atomic E-state index is -0.645. The zero-order valence-corrected chi connectivity index (χ0v) is 8.75. The van der Waals surface area contributed by atoms with Gasteiger partial charge in [-0.2, -0.15) is 0 Å². The highest BCUT2D eigenvalue weighted by molar-refractivity contribution is 6.38. The van der Waals surface area contributed by atoms with E-state index in [0.29, 0.717) is 12.3 Å². The van der Waals surface area contributed by atoms with Crippen LogP contribution in [0, 0.1) is 5.92 Å².